The molecule has 3 aromatic rings. The van der Waals surface area contributed by atoms with Crippen LogP contribution in [0.2, 0.25) is 0 Å². The van der Waals surface area contributed by atoms with Crippen LogP contribution in [0.15, 0.2) is 45.6 Å². The van der Waals surface area contributed by atoms with Crippen molar-refractivity contribution in [3.63, 3.8) is 0 Å². The predicted molar refractivity (Wildman–Crippen MR) is 134 cm³/mol. The van der Waals surface area contributed by atoms with Crippen LogP contribution < -0.4 is 10.4 Å². The van der Waals surface area contributed by atoms with Crippen molar-refractivity contribution in [3.05, 3.63) is 46.8 Å². The number of aromatic hydroxyl groups is 3. The molecule has 0 spiro atoms. The van der Waals surface area contributed by atoms with Gasteiger partial charge in [-0.1, -0.05) is 6.07 Å². The van der Waals surface area contributed by atoms with Gasteiger partial charge in [0.25, 0.3) is 0 Å². The van der Waals surface area contributed by atoms with Gasteiger partial charge in [-0.25, -0.2) is 4.79 Å². The number of benzene rings is 2. The summed E-state index contributed by atoms with van der Waals surface area (Å²) in [5.74, 6) is -1.49. The van der Waals surface area contributed by atoms with E-state index < -0.39 is 91.4 Å². The first-order valence-electron chi connectivity index (χ1n) is 12.4. The van der Waals surface area contributed by atoms with Crippen molar-refractivity contribution in [1.29, 1.82) is 0 Å². The highest BCUT2D eigenvalue weighted by atomic mass is 16.7. The van der Waals surface area contributed by atoms with E-state index in [1.54, 1.807) is 0 Å². The van der Waals surface area contributed by atoms with E-state index in [0.717, 1.165) is 18.2 Å². The minimum absolute atomic E-state index is 0.0856. The monoisotopic (exact) mass is 580 g/mol. The van der Waals surface area contributed by atoms with Gasteiger partial charge in [-0.2, -0.15) is 0 Å². The zero-order valence-corrected chi connectivity index (χ0v) is 21.1. The predicted octanol–water partition coefficient (Wildman–Crippen LogP) is -1.78. The lowest BCUT2D eigenvalue weighted by atomic mass is 9.98. The molecule has 0 aliphatic carbocycles. The summed E-state index contributed by atoms with van der Waals surface area (Å²) in [7, 11) is 0. The summed E-state index contributed by atoms with van der Waals surface area (Å²) in [4.78, 5) is 12.3. The summed E-state index contributed by atoms with van der Waals surface area (Å²) < 4.78 is 27.2. The summed E-state index contributed by atoms with van der Waals surface area (Å²) >= 11 is 0. The molecule has 0 radical (unpaired) electrons. The quantitative estimate of drug-likeness (QED) is 0.111. The van der Waals surface area contributed by atoms with Gasteiger partial charge in [0.05, 0.1) is 25.2 Å². The molecule has 0 saturated carbocycles. The van der Waals surface area contributed by atoms with Crippen LogP contribution in [-0.2, 0) is 14.2 Å². The number of phenols is 3. The first kappa shape index (κ1) is 29.0. The SMILES string of the molecule is O=c1cc(-c2ccc(O)c(O)c2)c2c(O[C@@H]3O[C@H](CO[C@@H]4OC[C@](O)(CO)[C@H]4O)[C@@H](O)[C@H](O)[C@H]3O)cc(O)cc2o1. The summed E-state index contributed by atoms with van der Waals surface area (Å²) in [6.45, 7) is -1.76. The fourth-order valence-corrected chi connectivity index (χ4v) is 4.66. The molecule has 1 aromatic heterocycles. The Bertz CT molecular complexity index is 1470. The molecule has 15 nitrogen and oxygen atoms in total. The van der Waals surface area contributed by atoms with Gasteiger partial charge in [-0.15, -0.1) is 0 Å². The van der Waals surface area contributed by atoms with E-state index in [0.29, 0.717) is 0 Å². The van der Waals surface area contributed by atoms with Gasteiger partial charge >= 0.3 is 5.63 Å². The third-order valence-electron chi connectivity index (χ3n) is 7.00. The second-order valence-corrected chi connectivity index (χ2v) is 9.85. The van der Waals surface area contributed by atoms with Crippen LogP contribution >= 0.6 is 0 Å². The van der Waals surface area contributed by atoms with Gasteiger partial charge in [0.15, 0.2) is 17.8 Å². The van der Waals surface area contributed by atoms with Crippen LogP contribution in [-0.4, -0.2) is 114 Å². The number of aliphatic hydroxyl groups is 6. The molecule has 9 N–H and O–H groups in total. The number of phenolic OH excluding ortho intramolecular Hbond substituents is 3. The molecule has 0 unspecified atom stereocenters. The molecule has 41 heavy (non-hydrogen) atoms. The molecule has 222 valence electrons. The highest BCUT2D eigenvalue weighted by molar-refractivity contribution is 5.98. The van der Waals surface area contributed by atoms with Crippen molar-refractivity contribution in [2.45, 2.75) is 48.7 Å². The maximum absolute atomic E-state index is 12.3. The van der Waals surface area contributed by atoms with E-state index in [9.17, 15) is 50.8 Å². The molecule has 2 saturated heterocycles. The van der Waals surface area contributed by atoms with Gasteiger partial charge in [-0.05, 0) is 17.7 Å². The average molecular weight is 580 g/mol. The third kappa shape index (κ3) is 5.42. The van der Waals surface area contributed by atoms with Crippen LogP contribution in [0.4, 0.5) is 0 Å². The van der Waals surface area contributed by atoms with Crippen LogP contribution in [0.1, 0.15) is 0 Å². The Hall–Kier alpha value is -3.51. The molecule has 15 heteroatoms. The average Bonchev–Trinajstić information content (AvgIpc) is 3.22. The maximum atomic E-state index is 12.3. The van der Waals surface area contributed by atoms with Crippen LogP contribution in [0, 0.1) is 0 Å². The highest BCUT2D eigenvalue weighted by Crippen LogP contribution is 2.40. The van der Waals surface area contributed by atoms with Crippen LogP contribution in [0.5, 0.6) is 23.0 Å². The molecule has 3 heterocycles. The lowest BCUT2D eigenvalue weighted by molar-refractivity contribution is -0.289. The van der Waals surface area contributed by atoms with Crippen molar-refractivity contribution >= 4 is 11.0 Å². The topological polar surface area (TPSA) is 249 Å². The Balaban J connectivity index is 1.45. The largest absolute Gasteiger partial charge is 0.508 e. The lowest BCUT2D eigenvalue weighted by Gasteiger charge is -2.40. The van der Waals surface area contributed by atoms with Crippen molar-refractivity contribution in [2.24, 2.45) is 0 Å². The minimum atomic E-state index is -1.96. The molecule has 0 bridgehead atoms. The van der Waals surface area contributed by atoms with Crippen molar-refractivity contribution in [3.8, 4) is 34.1 Å². The Kier molecular flexibility index (Phi) is 7.82. The summed E-state index contributed by atoms with van der Waals surface area (Å²) in [5.41, 5.74) is -2.53. The Morgan fingerprint density at radius 2 is 1.68 bits per heavy atom. The van der Waals surface area contributed by atoms with Crippen molar-refractivity contribution in [1.82, 2.24) is 0 Å². The molecule has 2 fully saturated rings. The molecule has 8 atom stereocenters. The zero-order valence-electron chi connectivity index (χ0n) is 21.1. The first-order valence-corrected chi connectivity index (χ1v) is 12.4. The van der Waals surface area contributed by atoms with E-state index in [1.807, 2.05) is 0 Å². The third-order valence-corrected chi connectivity index (χ3v) is 7.00. The zero-order chi connectivity index (χ0) is 29.6. The number of ether oxygens (including phenoxy) is 4. The second kappa shape index (κ2) is 11.1. The molecule has 5 rings (SSSR count). The van der Waals surface area contributed by atoms with E-state index >= 15 is 0 Å². The summed E-state index contributed by atoms with van der Waals surface area (Å²) in [5, 5.41) is 91.2. The fraction of sp³-hybridized carbons (Fsp3) is 0.423. The van der Waals surface area contributed by atoms with E-state index in [2.05, 4.69) is 0 Å². The molecular weight excluding hydrogens is 552 g/mol. The normalized spacial score (nSPS) is 31.9. The molecule has 2 aromatic carbocycles. The highest BCUT2D eigenvalue weighted by Gasteiger charge is 2.50. The van der Waals surface area contributed by atoms with Crippen LogP contribution in [0.25, 0.3) is 22.1 Å². The Labute approximate surface area is 230 Å². The van der Waals surface area contributed by atoms with Crippen molar-refractivity contribution in [2.75, 3.05) is 19.8 Å². The second-order valence-electron chi connectivity index (χ2n) is 9.85. The Morgan fingerprint density at radius 1 is 0.927 bits per heavy atom. The summed E-state index contributed by atoms with van der Waals surface area (Å²) in [6.07, 6.45) is -11.5. The molecule has 2 aliphatic heterocycles. The fourth-order valence-electron chi connectivity index (χ4n) is 4.66. The molecule has 0 amide bonds. The lowest BCUT2D eigenvalue weighted by Crippen LogP contribution is -2.60. The van der Waals surface area contributed by atoms with E-state index in [4.69, 9.17) is 23.4 Å². The minimum Gasteiger partial charge on any atom is -0.508 e. The smallest absolute Gasteiger partial charge is 0.336 e. The van der Waals surface area contributed by atoms with Crippen LogP contribution in [0.3, 0.4) is 0 Å². The van der Waals surface area contributed by atoms with Gasteiger partial charge in [0, 0.05) is 23.8 Å². The van der Waals surface area contributed by atoms with E-state index in [1.165, 1.54) is 18.2 Å². The summed E-state index contributed by atoms with van der Waals surface area (Å²) in [6, 6.07) is 7.08. The molecule has 2 aliphatic rings. The molecular formula is C26H28O15. The maximum Gasteiger partial charge on any atom is 0.336 e. The number of hydrogen-bond donors (Lipinski definition) is 9. The van der Waals surface area contributed by atoms with Gasteiger partial charge < -0.3 is 69.3 Å². The van der Waals surface area contributed by atoms with E-state index in [-0.39, 0.29) is 27.8 Å². The number of rotatable bonds is 7. The number of hydrogen-bond acceptors (Lipinski definition) is 15. The first-order chi connectivity index (χ1) is 19.4. The van der Waals surface area contributed by atoms with Gasteiger partial charge in [-0.3, -0.25) is 0 Å². The van der Waals surface area contributed by atoms with Crippen molar-refractivity contribution < 1.29 is 69.3 Å². The standard InChI is InChI=1S/C26H28O15/c27-8-26(36)9-38-25(23(26)35)37-7-17-20(32)21(33)22(34)24(41-17)40-16-5-11(28)4-15-19(16)12(6-18(31)39-15)10-1-2-13(29)14(30)3-10/h1-6,17,20-25,27-30,32-36H,7-9H2/t17-,20-,21+,22-,23+,24-,25-,26-/m1/s1. The number of aliphatic hydroxyl groups excluding tert-OH is 5. The number of fused-ring (bicyclic) bond motifs is 1. The van der Waals surface area contributed by atoms with Gasteiger partial charge in [0.1, 0.15) is 53.2 Å². The van der Waals surface area contributed by atoms with Gasteiger partial charge in [0.2, 0.25) is 6.29 Å². The Morgan fingerprint density at radius 3 is 2.37 bits per heavy atom.